The number of hydrogen-bond donors (Lipinski definition) is 0. The van der Waals surface area contributed by atoms with Gasteiger partial charge in [0.15, 0.2) is 29.9 Å². The minimum Gasteiger partial charge on any atom is -0.299 e. The van der Waals surface area contributed by atoms with Gasteiger partial charge in [-0.15, -0.1) is 0 Å². The molecule has 4 aromatic carbocycles. The van der Waals surface area contributed by atoms with E-state index in [9.17, 15) is 0 Å². The van der Waals surface area contributed by atoms with Crippen LogP contribution in [0, 0.1) is 20.7 Å². The molecule has 9 aromatic heterocycles. The van der Waals surface area contributed by atoms with E-state index in [1.165, 1.54) is 11.4 Å². The first-order valence-electron chi connectivity index (χ1n) is 30.3. The normalized spacial score (nSPS) is 17.1. The Balaban J connectivity index is 0.000000116. The van der Waals surface area contributed by atoms with E-state index in [2.05, 4.69) is 293 Å². The largest absolute Gasteiger partial charge is 0.299 e. The van der Waals surface area contributed by atoms with Crippen LogP contribution in [0.4, 0.5) is 57.7 Å². The summed E-state index contributed by atoms with van der Waals surface area (Å²) in [7, 11) is 12.3. The number of aryl methyl sites for hydroxylation is 9. The molecule has 85 heavy (non-hydrogen) atoms. The van der Waals surface area contributed by atoms with Crippen molar-refractivity contribution >= 4 is 97.1 Å². The van der Waals surface area contributed by atoms with Gasteiger partial charge in [0.25, 0.3) is 17.5 Å². The Labute approximate surface area is 498 Å². The summed E-state index contributed by atoms with van der Waals surface area (Å²) >= 11 is 0. The molecule has 0 aliphatic carbocycles. The zero-order valence-electron chi connectivity index (χ0n) is 52.8. The van der Waals surface area contributed by atoms with Gasteiger partial charge < -0.3 is 0 Å². The quantitative estimate of drug-likeness (QED) is 0.151. The van der Waals surface area contributed by atoms with Crippen molar-refractivity contribution in [1.29, 1.82) is 0 Å². The number of hydrogen-bond acceptors (Lipinski definition) is 9. The molecule has 0 saturated heterocycles. The van der Waals surface area contributed by atoms with Crippen molar-refractivity contribution in [1.82, 2.24) is 41.9 Å². The molecule has 3 aliphatic rings. The molecule has 0 bridgehead atoms. The fraction of sp³-hybridized carbons (Fsp3) is 0.224. The molecule has 16 rings (SSSR count). The van der Waals surface area contributed by atoms with E-state index in [1.54, 1.807) is 0 Å². The molecule has 13 aromatic rings. The first kappa shape index (κ1) is 49.3. The van der Waals surface area contributed by atoms with Crippen LogP contribution in [0.25, 0.3) is 39.4 Å². The van der Waals surface area contributed by atoms with Crippen molar-refractivity contribution < 1.29 is 17.8 Å². The minimum atomic E-state index is -2.24. The van der Waals surface area contributed by atoms with Gasteiger partial charge in [-0.05, 0) is 108 Å². The van der Waals surface area contributed by atoms with Gasteiger partial charge in [0.05, 0.1) is 97.0 Å². The van der Waals surface area contributed by atoms with Crippen LogP contribution < -0.4 is 43.1 Å². The van der Waals surface area contributed by atoms with E-state index in [-0.39, 0.29) is 24.2 Å². The second-order valence-electron chi connectivity index (χ2n) is 22.3. The van der Waals surface area contributed by atoms with E-state index in [4.69, 9.17) is 14.1 Å². The molecular weight excluding hydrogens is 1060 g/mol. The number of aromatic nitrogens is 12. The molecular formula is C67H71N18+3. The van der Waals surface area contributed by atoms with Crippen molar-refractivity contribution in [3.8, 4) is 0 Å². The standard InChI is InChI=1S/C24H23N6.C23H27N6.C20H21N6/c1-17-29(22-14-8-9-15-26(22)2)20-12-6-7-13-21(20)30(17)23-16-28-19-11-5-4-10-18(19)25-24(28)27(23)3;1-15-16(2)27-17(3)22(26(6)23(27)24-15)29-18(4)28(19-11-7-8-12-20(19)29)21-13-9-10-14-25(21)5;1-15-24(18-10-6-7-11-22(18)2)12-13-25(15)19-14-26-17-9-5-4-8-16(17)21-20(26)23(19)3/h4-17H,1-3H3;7-14,18H,1-6H3;4-15H,1-3H3/q3*+1/t17-;18-;15-/m000/s1/i;1D3;. The molecule has 0 fully saturated rings. The molecule has 0 amide bonds. The second-order valence-corrected chi connectivity index (χ2v) is 22.3. The predicted octanol–water partition coefficient (Wildman–Crippen LogP) is 11.1. The molecule has 12 heterocycles. The first-order valence-corrected chi connectivity index (χ1v) is 28.8. The van der Waals surface area contributed by atoms with Crippen LogP contribution in [-0.4, -0.2) is 60.4 Å². The predicted molar refractivity (Wildman–Crippen MR) is 338 cm³/mol. The lowest BCUT2D eigenvalue weighted by atomic mass is 10.2. The van der Waals surface area contributed by atoms with Gasteiger partial charge >= 0.3 is 0 Å². The summed E-state index contributed by atoms with van der Waals surface area (Å²) in [5, 5.41) is 0. The zero-order chi connectivity index (χ0) is 61.2. The second kappa shape index (κ2) is 20.2. The maximum Gasteiger partial charge on any atom is 0.283 e. The minimum absolute atomic E-state index is 0.000369. The van der Waals surface area contributed by atoms with Crippen LogP contribution in [0.1, 0.15) is 42.0 Å². The lowest BCUT2D eigenvalue weighted by molar-refractivity contribution is -0.658. The average molecular weight is 1130 g/mol. The Morgan fingerprint density at radius 3 is 1.38 bits per heavy atom. The van der Waals surface area contributed by atoms with E-state index in [1.807, 2.05) is 54.1 Å². The van der Waals surface area contributed by atoms with Crippen molar-refractivity contribution in [3.63, 3.8) is 0 Å². The summed E-state index contributed by atoms with van der Waals surface area (Å²) in [5.41, 5.74) is 10.7. The van der Waals surface area contributed by atoms with Gasteiger partial charge in [0, 0.05) is 55.3 Å². The fourth-order valence-corrected chi connectivity index (χ4v) is 13.1. The van der Waals surface area contributed by atoms with Gasteiger partial charge in [-0.2, -0.15) is 0 Å². The molecule has 18 nitrogen and oxygen atoms in total. The van der Waals surface area contributed by atoms with Crippen molar-refractivity contribution in [3.05, 3.63) is 212 Å². The molecule has 3 atom stereocenters. The van der Waals surface area contributed by atoms with Gasteiger partial charge in [-0.25, -0.2) is 43.4 Å². The average Bonchev–Trinajstić information content (AvgIpc) is 1.79. The summed E-state index contributed by atoms with van der Waals surface area (Å²) in [6.45, 7) is 8.26. The number of imidazole rings is 6. The Morgan fingerprint density at radius 1 is 0.424 bits per heavy atom. The summed E-state index contributed by atoms with van der Waals surface area (Å²) in [6.07, 6.45) is 15.1. The number of anilines is 10. The number of fused-ring (bicyclic) bond motifs is 9. The van der Waals surface area contributed by atoms with Crippen molar-refractivity contribution in [2.24, 2.45) is 42.3 Å². The monoisotopic (exact) mass is 1130 g/mol. The summed E-state index contributed by atoms with van der Waals surface area (Å²) in [4.78, 5) is 28.1. The van der Waals surface area contributed by atoms with Gasteiger partial charge in [-0.1, -0.05) is 66.7 Å². The topological polar surface area (TPSA) is 97.8 Å². The van der Waals surface area contributed by atoms with Gasteiger partial charge in [0.1, 0.15) is 23.7 Å². The highest BCUT2D eigenvalue weighted by atomic mass is 15.5. The van der Waals surface area contributed by atoms with Crippen LogP contribution in [0.2, 0.25) is 0 Å². The Bertz CT molecular complexity index is 4880. The number of pyridine rings is 3. The lowest BCUT2D eigenvalue weighted by Gasteiger charge is -2.26. The molecule has 426 valence electrons. The maximum atomic E-state index is 7.85. The summed E-state index contributed by atoms with van der Waals surface area (Å²) in [5.74, 6) is 9.15. The van der Waals surface area contributed by atoms with E-state index in [0.717, 1.165) is 85.6 Å². The SMILES string of the molecule is C[C@@H]1N(c2cn3c4ccccc4nc3n2C)C=CN1c1cccc[n+]1C.C[C@@H]1N(c2cn3c4ccccc4nc3n2C)c2ccccc2N1c1cccc[n+]1C.[2H]C([2H])([2H])c1nc2n(C)c(N3c4ccccc4N(c4cccc[n+]4C)[C@@H]3C)c(C)n2c1C. The number of benzene rings is 4. The number of rotatable bonds is 6. The third-order valence-corrected chi connectivity index (χ3v) is 17.4. The van der Waals surface area contributed by atoms with E-state index in [0.29, 0.717) is 11.5 Å². The number of nitrogens with zero attached hydrogens (tertiary/aromatic N) is 18. The Morgan fingerprint density at radius 2 is 0.859 bits per heavy atom. The lowest BCUT2D eigenvalue weighted by Crippen LogP contribution is -2.43. The van der Waals surface area contributed by atoms with Crippen LogP contribution >= 0.6 is 0 Å². The van der Waals surface area contributed by atoms with Crippen LogP contribution in [0.15, 0.2) is 195 Å². The molecule has 0 spiro atoms. The van der Waals surface area contributed by atoms with Gasteiger partial charge in [0.2, 0.25) is 17.3 Å². The highest BCUT2D eigenvalue weighted by Crippen LogP contribution is 2.49. The van der Waals surface area contributed by atoms with Crippen LogP contribution in [0.5, 0.6) is 0 Å². The molecule has 18 heteroatoms. The third-order valence-electron chi connectivity index (χ3n) is 17.4. The maximum absolute atomic E-state index is 7.85. The smallest absolute Gasteiger partial charge is 0.283 e. The zero-order valence-corrected chi connectivity index (χ0v) is 49.8. The highest BCUT2D eigenvalue weighted by Gasteiger charge is 2.45. The third kappa shape index (κ3) is 8.13. The molecule has 0 radical (unpaired) electrons. The van der Waals surface area contributed by atoms with Crippen LogP contribution in [-0.2, 0) is 42.3 Å². The Kier molecular flexibility index (Phi) is 11.7. The highest BCUT2D eigenvalue weighted by molar-refractivity contribution is 5.89. The fourth-order valence-electron chi connectivity index (χ4n) is 13.1. The summed E-state index contributed by atoms with van der Waals surface area (Å²) < 4.78 is 42.6. The molecule has 0 unspecified atom stereocenters. The van der Waals surface area contributed by atoms with E-state index >= 15 is 0 Å². The first-order chi connectivity index (χ1) is 42.4. The van der Waals surface area contributed by atoms with E-state index < -0.39 is 6.85 Å². The van der Waals surface area contributed by atoms with Crippen molar-refractivity contribution in [2.75, 3.05) is 29.4 Å². The van der Waals surface area contributed by atoms with Gasteiger partial charge in [-0.3, -0.25) is 41.6 Å². The Hall–Kier alpha value is -10.4. The molecule has 0 saturated carbocycles. The van der Waals surface area contributed by atoms with Crippen molar-refractivity contribution in [2.45, 2.75) is 60.0 Å². The molecule has 3 aliphatic heterocycles. The molecule has 0 N–H and O–H groups in total. The van der Waals surface area contributed by atoms with Crippen LogP contribution in [0.3, 0.4) is 0 Å². The summed E-state index contributed by atoms with van der Waals surface area (Å²) in [6, 6.07) is 52.3. The number of para-hydroxylation sites is 8.